The second-order valence-electron chi connectivity index (χ2n) is 4.96. The fourth-order valence-corrected chi connectivity index (χ4v) is 1.83. The summed E-state index contributed by atoms with van der Waals surface area (Å²) in [5, 5.41) is 5.83. The number of alkyl halides is 3. The molecule has 0 aliphatic carbocycles. The first-order valence-electron chi connectivity index (χ1n) is 7.74. The highest BCUT2D eigenvalue weighted by molar-refractivity contribution is 14.0. The highest BCUT2D eigenvalue weighted by atomic mass is 127. The number of nitrogens with zero attached hydrogens (tertiary/aromatic N) is 1. The van der Waals surface area contributed by atoms with Gasteiger partial charge in [0.25, 0.3) is 0 Å². The van der Waals surface area contributed by atoms with Crippen LogP contribution in [-0.4, -0.2) is 45.5 Å². The molecule has 9 heteroatoms. The highest BCUT2D eigenvalue weighted by Gasteiger charge is 2.26. The smallest absolute Gasteiger partial charge is 0.390 e. The van der Waals surface area contributed by atoms with Crippen LogP contribution in [0.3, 0.4) is 0 Å². The molecule has 0 radical (unpaired) electrons. The Morgan fingerprint density at radius 1 is 1.24 bits per heavy atom. The molecule has 5 nitrogen and oxygen atoms in total. The second-order valence-corrected chi connectivity index (χ2v) is 4.96. The highest BCUT2D eigenvalue weighted by Crippen LogP contribution is 2.18. The van der Waals surface area contributed by atoms with Crippen LogP contribution in [0.15, 0.2) is 29.3 Å². The van der Waals surface area contributed by atoms with Gasteiger partial charge in [0, 0.05) is 13.1 Å². The van der Waals surface area contributed by atoms with E-state index in [0.29, 0.717) is 32.3 Å². The van der Waals surface area contributed by atoms with Crippen LogP contribution in [-0.2, 0) is 11.3 Å². The van der Waals surface area contributed by atoms with Gasteiger partial charge in [-0.25, -0.2) is 0 Å². The maximum Gasteiger partial charge on any atom is 0.390 e. The molecule has 0 saturated heterocycles. The number of aliphatic imine (C=N–C) groups is 1. The number of halogens is 4. The van der Waals surface area contributed by atoms with E-state index in [4.69, 9.17) is 9.47 Å². The Balaban J connectivity index is 0.00000576. The molecule has 0 spiro atoms. The second kappa shape index (κ2) is 13.0. The molecule has 0 aliphatic heterocycles. The van der Waals surface area contributed by atoms with Crippen LogP contribution in [0.1, 0.15) is 18.9 Å². The van der Waals surface area contributed by atoms with Gasteiger partial charge in [-0.3, -0.25) is 4.99 Å². The van der Waals surface area contributed by atoms with Crippen molar-refractivity contribution < 1.29 is 22.6 Å². The number of benzene rings is 1. The SMILES string of the molecule is CCNC(=NCCC(F)(F)F)NCCOCc1cccc(OC)c1.I. The van der Waals surface area contributed by atoms with Crippen molar-refractivity contribution in [3.05, 3.63) is 29.8 Å². The van der Waals surface area contributed by atoms with Crippen molar-refractivity contribution in [1.82, 2.24) is 10.6 Å². The average Bonchev–Trinajstić information content (AvgIpc) is 2.53. The van der Waals surface area contributed by atoms with Crippen molar-refractivity contribution in [2.75, 3.05) is 33.4 Å². The molecule has 1 aromatic rings. The molecule has 1 rings (SSSR count). The Morgan fingerprint density at radius 3 is 2.64 bits per heavy atom. The monoisotopic (exact) mass is 475 g/mol. The zero-order valence-corrected chi connectivity index (χ0v) is 16.7. The van der Waals surface area contributed by atoms with E-state index in [9.17, 15) is 13.2 Å². The van der Waals surface area contributed by atoms with Crippen LogP contribution in [0.5, 0.6) is 5.75 Å². The van der Waals surface area contributed by atoms with Crippen LogP contribution in [0.4, 0.5) is 13.2 Å². The van der Waals surface area contributed by atoms with E-state index >= 15 is 0 Å². The van der Waals surface area contributed by atoms with E-state index < -0.39 is 12.6 Å². The van der Waals surface area contributed by atoms with Gasteiger partial charge >= 0.3 is 6.18 Å². The van der Waals surface area contributed by atoms with Gasteiger partial charge in [-0.1, -0.05) is 12.1 Å². The third kappa shape index (κ3) is 11.9. The predicted octanol–water partition coefficient (Wildman–Crippen LogP) is 3.34. The topological polar surface area (TPSA) is 54.9 Å². The summed E-state index contributed by atoms with van der Waals surface area (Å²) in [4.78, 5) is 3.88. The molecule has 0 aliphatic rings. The summed E-state index contributed by atoms with van der Waals surface area (Å²) in [7, 11) is 1.60. The van der Waals surface area contributed by atoms with Crippen LogP contribution in [0.2, 0.25) is 0 Å². The lowest BCUT2D eigenvalue weighted by atomic mass is 10.2. The van der Waals surface area contributed by atoms with Crippen LogP contribution < -0.4 is 15.4 Å². The summed E-state index contributed by atoms with van der Waals surface area (Å²) in [6, 6.07) is 7.55. The third-order valence-electron chi connectivity index (χ3n) is 2.95. The summed E-state index contributed by atoms with van der Waals surface area (Å²) in [5.74, 6) is 1.12. The largest absolute Gasteiger partial charge is 0.497 e. The van der Waals surface area contributed by atoms with Crippen molar-refractivity contribution in [3.63, 3.8) is 0 Å². The molecule has 0 atom stereocenters. The minimum absolute atomic E-state index is 0. The van der Waals surface area contributed by atoms with Gasteiger partial charge in [0.05, 0.1) is 33.3 Å². The van der Waals surface area contributed by atoms with E-state index in [1.807, 2.05) is 31.2 Å². The average molecular weight is 475 g/mol. The van der Waals surface area contributed by atoms with E-state index in [1.54, 1.807) is 7.11 Å². The van der Waals surface area contributed by atoms with Crippen LogP contribution in [0, 0.1) is 0 Å². The van der Waals surface area contributed by atoms with Crippen molar-refractivity contribution >= 4 is 29.9 Å². The number of hydrogen-bond donors (Lipinski definition) is 2. The van der Waals surface area contributed by atoms with Gasteiger partial charge < -0.3 is 20.1 Å². The zero-order chi connectivity index (χ0) is 17.8. The van der Waals surface area contributed by atoms with Crippen LogP contribution >= 0.6 is 24.0 Å². The Bertz CT molecular complexity index is 514. The summed E-state index contributed by atoms with van der Waals surface area (Å²) in [5.41, 5.74) is 0.986. The predicted molar refractivity (Wildman–Crippen MR) is 103 cm³/mol. The number of nitrogens with one attached hydrogen (secondary N) is 2. The van der Waals surface area contributed by atoms with Gasteiger partial charge in [0.15, 0.2) is 5.96 Å². The molecule has 0 unspecified atom stereocenters. The summed E-state index contributed by atoms with van der Waals surface area (Å²) < 4.78 is 47.0. The number of ether oxygens (including phenoxy) is 2. The molecule has 2 N–H and O–H groups in total. The Labute approximate surface area is 163 Å². The van der Waals surface area contributed by atoms with Gasteiger partial charge in [-0.2, -0.15) is 13.2 Å². The van der Waals surface area contributed by atoms with E-state index in [-0.39, 0.29) is 30.5 Å². The third-order valence-corrected chi connectivity index (χ3v) is 2.95. The van der Waals surface area contributed by atoms with Crippen molar-refractivity contribution in [2.45, 2.75) is 26.1 Å². The lowest BCUT2D eigenvalue weighted by molar-refractivity contribution is -0.132. The Morgan fingerprint density at radius 2 is 2.00 bits per heavy atom. The molecule has 0 amide bonds. The van der Waals surface area contributed by atoms with Gasteiger partial charge in [-0.05, 0) is 24.6 Å². The molecule has 25 heavy (non-hydrogen) atoms. The summed E-state index contributed by atoms with van der Waals surface area (Å²) >= 11 is 0. The lowest BCUT2D eigenvalue weighted by Crippen LogP contribution is -2.39. The molecular formula is C16H25F3IN3O2. The minimum atomic E-state index is -4.19. The molecular weight excluding hydrogens is 450 g/mol. The van der Waals surface area contributed by atoms with Gasteiger partial charge in [0.1, 0.15) is 5.75 Å². The van der Waals surface area contributed by atoms with Crippen molar-refractivity contribution in [1.29, 1.82) is 0 Å². The maximum absolute atomic E-state index is 12.1. The normalized spacial score (nSPS) is 11.6. The van der Waals surface area contributed by atoms with E-state index in [1.165, 1.54) is 0 Å². The summed E-state index contributed by atoms with van der Waals surface area (Å²) in [6.45, 7) is 3.40. The standard InChI is InChI=1S/C16H24F3N3O2.HI/c1-3-20-15(21-8-7-16(17,18)19)22-9-10-24-12-13-5-4-6-14(11-13)23-2;/h4-6,11H,3,7-10,12H2,1-2H3,(H2,20,21,22);1H. The molecule has 1 aromatic carbocycles. The van der Waals surface area contributed by atoms with Crippen molar-refractivity contribution in [2.24, 2.45) is 4.99 Å². The lowest BCUT2D eigenvalue weighted by Gasteiger charge is -2.12. The van der Waals surface area contributed by atoms with Crippen LogP contribution in [0.25, 0.3) is 0 Å². The summed E-state index contributed by atoms with van der Waals surface area (Å²) in [6.07, 6.45) is -5.13. The Hall–Kier alpha value is -1.23. The Kier molecular flexibility index (Phi) is 12.4. The molecule has 0 aromatic heterocycles. The van der Waals surface area contributed by atoms with E-state index in [0.717, 1.165) is 11.3 Å². The van der Waals surface area contributed by atoms with E-state index in [2.05, 4.69) is 15.6 Å². The molecule has 0 heterocycles. The first kappa shape index (κ1) is 23.8. The number of guanidine groups is 1. The molecule has 0 fully saturated rings. The molecule has 144 valence electrons. The first-order valence-corrected chi connectivity index (χ1v) is 7.74. The fraction of sp³-hybridized carbons (Fsp3) is 0.562. The number of rotatable bonds is 9. The quantitative estimate of drug-likeness (QED) is 0.249. The maximum atomic E-state index is 12.1. The van der Waals surface area contributed by atoms with Crippen molar-refractivity contribution in [3.8, 4) is 5.75 Å². The fourth-order valence-electron chi connectivity index (χ4n) is 1.83. The van der Waals surface area contributed by atoms with Gasteiger partial charge in [0.2, 0.25) is 0 Å². The van der Waals surface area contributed by atoms with Gasteiger partial charge in [-0.15, -0.1) is 24.0 Å². The molecule has 0 bridgehead atoms. The first-order chi connectivity index (χ1) is 11.4. The minimum Gasteiger partial charge on any atom is -0.497 e. The number of methoxy groups -OCH3 is 1. The number of hydrogen-bond acceptors (Lipinski definition) is 3. The zero-order valence-electron chi connectivity index (χ0n) is 14.4. The molecule has 0 saturated carbocycles.